The predicted molar refractivity (Wildman–Crippen MR) is 126 cm³/mol. The maximum atomic E-state index is 13.3. The molecule has 33 heavy (non-hydrogen) atoms. The van der Waals surface area contributed by atoms with Crippen LogP contribution >= 0.6 is 0 Å². The second-order valence-electron chi connectivity index (χ2n) is 7.57. The molecule has 0 unspecified atom stereocenters. The summed E-state index contributed by atoms with van der Waals surface area (Å²) in [5.74, 6) is -0.190. The molecule has 5 aromatic rings. The van der Waals surface area contributed by atoms with Gasteiger partial charge in [0.25, 0.3) is 5.91 Å². The molecule has 7 heteroatoms. The molecular weight excluding hydrogens is 412 g/mol. The van der Waals surface area contributed by atoms with Crippen LogP contribution in [-0.2, 0) is 13.1 Å². The average molecular weight is 435 g/mol. The summed E-state index contributed by atoms with van der Waals surface area (Å²) in [5, 5.41) is 12.1. The van der Waals surface area contributed by atoms with Gasteiger partial charge in [-0.15, -0.1) is 0 Å². The highest BCUT2D eigenvalue weighted by atomic mass is 16.1. The number of hydrogen-bond acceptors (Lipinski definition) is 4. The molecule has 0 fully saturated rings. The largest absolute Gasteiger partial charge is 0.348 e. The van der Waals surface area contributed by atoms with Crippen LogP contribution in [0.15, 0.2) is 104 Å². The van der Waals surface area contributed by atoms with E-state index in [1.807, 2.05) is 77.6 Å². The number of pyridine rings is 1. The number of rotatable bonds is 7. The lowest BCUT2D eigenvalue weighted by Gasteiger charge is -2.11. The first-order valence-electron chi connectivity index (χ1n) is 10.7. The van der Waals surface area contributed by atoms with Crippen LogP contribution in [0.25, 0.3) is 16.9 Å². The van der Waals surface area contributed by atoms with Crippen molar-refractivity contribution in [1.82, 2.24) is 29.9 Å². The summed E-state index contributed by atoms with van der Waals surface area (Å²) in [6.45, 7) is 1.05. The van der Waals surface area contributed by atoms with E-state index in [0.29, 0.717) is 24.3 Å². The number of nitrogens with zero attached hydrogens (tertiary/aromatic N) is 5. The third-order valence-electron chi connectivity index (χ3n) is 5.36. The fraction of sp³-hybridized carbons (Fsp3) is 0.0769. The fourth-order valence-corrected chi connectivity index (χ4v) is 3.69. The summed E-state index contributed by atoms with van der Waals surface area (Å²) in [6.07, 6.45) is 8.87. The van der Waals surface area contributed by atoms with E-state index in [1.54, 1.807) is 29.5 Å². The Morgan fingerprint density at radius 2 is 1.70 bits per heavy atom. The molecule has 7 nitrogen and oxygen atoms in total. The van der Waals surface area contributed by atoms with Gasteiger partial charge >= 0.3 is 0 Å². The number of carbonyl (C=O) groups is 1. The molecule has 0 aliphatic carbocycles. The topological polar surface area (TPSA) is 77.6 Å². The molecule has 1 amide bonds. The normalized spacial score (nSPS) is 10.8. The van der Waals surface area contributed by atoms with Crippen LogP contribution in [0.2, 0.25) is 0 Å². The molecular formula is C26H22N6O. The summed E-state index contributed by atoms with van der Waals surface area (Å²) < 4.78 is 3.59. The lowest BCUT2D eigenvalue weighted by Crippen LogP contribution is -2.24. The van der Waals surface area contributed by atoms with Gasteiger partial charge in [-0.05, 0) is 41.5 Å². The Labute approximate surface area is 191 Å². The standard InChI is InChI=1S/C26H22N6O/c33-26(28-17-20-8-4-5-9-22(20)18-31-15-7-14-29-31)24-19-32(23-11-2-1-3-12-23)30-25(24)21-10-6-13-27-16-21/h1-16,19H,17-18H2,(H,28,33). The van der Waals surface area contributed by atoms with Gasteiger partial charge in [0, 0.05) is 43.1 Å². The van der Waals surface area contributed by atoms with Crippen molar-refractivity contribution in [3.63, 3.8) is 0 Å². The van der Waals surface area contributed by atoms with Gasteiger partial charge in [-0.1, -0.05) is 42.5 Å². The summed E-state index contributed by atoms with van der Waals surface area (Å²) in [5.41, 5.74) is 4.90. The summed E-state index contributed by atoms with van der Waals surface area (Å²) in [4.78, 5) is 17.5. The van der Waals surface area contributed by atoms with Gasteiger partial charge in [0.1, 0.15) is 5.69 Å². The number of nitrogens with one attached hydrogen (secondary N) is 1. The van der Waals surface area contributed by atoms with E-state index >= 15 is 0 Å². The van der Waals surface area contributed by atoms with Crippen molar-refractivity contribution in [3.05, 3.63) is 120 Å². The zero-order valence-corrected chi connectivity index (χ0v) is 17.9. The van der Waals surface area contributed by atoms with Crippen molar-refractivity contribution < 1.29 is 4.79 Å². The zero-order valence-electron chi connectivity index (χ0n) is 17.9. The summed E-state index contributed by atoms with van der Waals surface area (Å²) in [7, 11) is 0. The van der Waals surface area contributed by atoms with Crippen LogP contribution in [0.5, 0.6) is 0 Å². The van der Waals surface area contributed by atoms with Gasteiger partial charge in [0.05, 0.1) is 17.8 Å². The third-order valence-corrected chi connectivity index (χ3v) is 5.36. The van der Waals surface area contributed by atoms with Crippen LogP contribution in [0, 0.1) is 0 Å². The van der Waals surface area contributed by atoms with E-state index in [2.05, 4.69) is 21.5 Å². The molecule has 5 rings (SSSR count). The maximum absolute atomic E-state index is 13.3. The van der Waals surface area contributed by atoms with Crippen molar-refractivity contribution in [2.45, 2.75) is 13.1 Å². The number of amides is 1. The average Bonchev–Trinajstić information content (AvgIpc) is 3.55. The lowest BCUT2D eigenvalue weighted by atomic mass is 10.1. The van der Waals surface area contributed by atoms with Crippen LogP contribution in [-0.4, -0.2) is 30.5 Å². The third kappa shape index (κ3) is 4.57. The lowest BCUT2D eigenvalue weighted by molar-refractivity contribution is 0.0951. The number of benzene rings is 2. The Balaban J connectivity index is 1.41. The van der Waals surface area contributed by atoms with Crippen LogP contribution < -0.4 is 5.32 Å². The van der Waals surface area contributed by atoms with Crippen molar-refractivity contribution >= 4 is 5.91 Å². The zero-order chi connectivity index (χ0) is 22.5. The second kappa shape index (κ2) is 9.32. The van der Waals surface area contributed by atoms with E-state index in [9.17, 15) is 4.79 Å². The summed E-state index contributed by atoms with van der Waals surface area (Å²) in [6, 6.07) is 23.4. The Morgan fingerprint density at radius 3 is 2.45 bits per heavy atom. The quantitative estimate of drug-likeness (QED) is 0.418. The Hall–Kier alpha value is -4.52. The molecule has 0 aliphatic heterocycles. The molecule has 0 spiro atoms. The highest BCUT2D eigenvalue weighted by Crippen LogP contribution is 2.23. The molecule has 0 bridgehead atoms. The smallest absolute Gasteiger partial charge is 0.255 e. The Bertz CT molecular complexity index is 1340. The van der Waals surface area contributed by atoms with Gasteiger partial charge in [0.2, 0.25) is 0 Å². The molecule has 0 saturated heterocycles. The molecule has 1 N–H and O–H groups in total. The highest BCUT2D eigenvalue weighted by Gasteiger charge is 2.19. The van der Waals surface area contributed by atoms with Gasteiger partial charge in [-0.25, -0.2) is 4.68 Å². The number of aromatic nitrogens is 5. The number of para-hydroxylation sites is 1. The Kier molecular flexibility index (Phi) is 5.75. The van der Waals surface area contributed by atoms with Gasteiger partial charge < -0.3 is 5.32 Å². The van der Waals surface area contributed by atoms with Crippen LogP contribution in [0.1, 0.15) is 21.5 Å². The number of carbonyl (C=O) groups excluding carboxylic acids is 1. The first-order valence-corrected chi connectivity index (χ1v) is 10.7. The minimum Gasteiger partial charge on any atom is -0.348 e. The fourth-order valence-electron chi connectivity index (χ4n) is 3.69. The molecule has 0 radical (unpaired) electrons. The van der Waals surface area contributed by atoms with Crippen molar-refractivity contribution in [1.29, 1.82) is 0 Å². The van der Waals surface area contributed by atoms with Crippen molar-refractivity contribution in [3.8, 4) is 16.9 Å². The molecule has 3 aromatic heterocycles. The van der Waals surface area contributed by atoms with E-state index in [0.717, 1.165) is 22.4 Å². The highest BCUT2D eigenvalue weighted by molar-refractivity contribution is 5.99. The molecule has 0 saturated carbocycles. The summed E-state index contributed by atoms with van der Waals surface area (Å²) >= 11 is 0. The Morgan fingerprint density at radius 1 is 0.879 bits per heavy atom. The maximum Gasteiger partial charge on any atom is 0.255 e. The van der Waals surface area contributed by atoms with E-state index in [4.69, 9.17) is 5.10 Å². The van der Waals surface area contributed by atoms with Gasteiger partial charge in [-0.2, -0.15) is 10.2 Å². The molecule has 2 aromatic carbocycles. The SMILES string of the molecule is O=C(NCc1ccccc1Cn1cccn1)c1cn(-c2ccccc2)nc1-c1cccnc1. The molecule has 0 aliphatic rings. The molecule has 162 valence electrons. The minimum atomic E-state index is -0.190. The van der Waals surface area contributed by atoms with Crippen LogP contribution in [0.4, 0.5) is 0 Å². The first-order chi connectivity index (χ1) is 16.3. The van der Waals surface area contributed by atoms with Crippen molar-refractivity contribution in [2.75, 3.05) is 0 Å². The van der Waals surface area contributed by atoms with E-state index < -0.39 is 0 Å². The molecule has 0 atom stereocenters. The van der Waals surface area contributed by atoms with E-state index in [-0.39, 0.29) is 5.91 Å². The van der Waals surface area contributed by atoms with E-state index in [1.165, 1.54) is 0 Å². The monoisotopic (exact) mass is 434 g/mol. The van der Waals surface area contributed by atoms with Crippen LogP contribution in [0.3, 0.4) is 0 Å². The predicted octanol–water partition coefficient (Wildman–Crippen LogP) is 4.11. The minimum absolute atomic E-state index is 0.190. The second-order valence-corrected chi connectivity index (χ2v) is 7.57. The van der Waals surface area contributed by atoms with Gasteiger partial charge in [-0.3, -0.25) is 14.5 Å². The van der Waals surface area contributed by atoms with Crippen molar-refractivity contribution in [2.24, 2.45) is 0 Å². The molecule has 3 heterocycles. The first kappa shape index (κ1) is 20.4. The number of hydrogen-bond donors (Lipinski definition) is 1. The van der Waals surface area contributed by atoms with Gasteiger partial charge in [0.15, 0.2) is 0 Å².